The van der Waals surface area contributed by atoms with Crippen LogP contribution in [-0.4, -0.2) is 66.1 Å². The standard InChI is InChI=1S/C27H31N5O/c1-22-8-15-26(29-32(22)21-28-2)30-16-18-31(19-17-30)27(33)20-25-13-11-24(12-14-25)10-9-23-6-4-3-5-7-23/h3-8,11-15,21H,1,9-10,16-20H2,2H3. The molecule has 2 aromatic rings. The molecule has 0 bridgehead atoms. The minimum Gasteiger partial charge on any atom is -0.352 e. The number of hydrogen-bond acceptors (Lipinski definition) is 4. The van der Waals surface area contributed by atoms with Crippen molar-refractivity contribution in [3.63, 3.8) is 0 Å². The van der Waals surface area contributed by atoms with Gasteiger partial charge in [0, 0.05) is 33.2 Å². The highest BCUT2D eigenvalue weighted by Crippen LogP contribution is 2.15. The van der Waals surface area contributed by atoms with Crippen molar-refractivity contribution in [2.75, 3.05) is 33.2 Å². The predicted molar refractivity (Wildman–Crippen MR) is 134 cm³/mol. The Bertz CT molecular complexity index is 1050. The largest absolute Gasteiger partial charge is 0.352 e. The maximum atomic E-state index is 12.9. The maximum Gasteiger partial charge on any atom is 0.227 e. The van der Waals surface area contributed by atoms with Gasteiger partial charge >= 0.3 is 0 Å². The molecule has 1 fully saturated rings. The Kier molecular flexibility index (Phi) is 7.35. The van der Waals surface area contributed by atoms with Crippen molar-refractivity contribution in [3.05, 3.63) is 95.7 Å². The highest BCUT2D eigenvalue weighted by Gasteiger charge is 2.24. The first kappa shape index (κ1) is 22.5. The van der Waals surface area contributed by atoms with E-state index in [9.17, 15) is 4.79 Å². The van der Waals surface area contributed by atoms with Gasteiger partial charge in [0.15, 0.2) is 0 Å². The zero-order valence-corrected chi connectivity index (χ0v) is 19.2. The average molecular weight is 442 g/mol. The average Bonchev–Trinajstić information content (AvgIpc) is 2.86. The van der Waals surface area contributed by atoms with E-state index in [0.717, 1.165) is 43.0 Å². The maximum absolute atomic E-state index is 12.9. The van der Waals surface area contributed by atoms with Gasteiger partial charge in [0.2, 0.25) is 5.91 Å². The van der Waals surface area contributed by atoms with Crippen molar-refractivity contribution in [3.8, 4) is 0 Å². The van der Waals surface area contributed by atoms with Crippen LogP contribution in [0.4, 0.5) is 0 Å². The predicted octanol–water partition coefficient (Wildman–Crippen LogP) is 3.52. The van der Waals surface area contributed by atoms with Gasteiger partial charge in [-0.1, -0.05) is 61.2 Å². The van der Waals surface area contributed by atoms with Crippen molar-refractivity contribution in [1.82, 2.24) is 14.8 Å². The first-order valence-electron chi connectivity index (χ1n) is 11.4. The monoisotopic (exact) mass is 441 g/mol. The van der Waals surface area contributed by atoms with Gasteiger partial charge in [0.1, 0.15) is 12.2 Å². The number of piperazine rings is 1. The number of amides is 1. The lowest BCUT2D eigenvalue weighted by molar-refractivity contribution is -0.131. The number of rotatable bonds is 6. The van der Waals surface area contributed by atoms with Crippen LogP contribution in [0.2, 0.25) is 0 Å². The second kappa shape index (κ2) is 10.8. The van der Waals surface area contributed by atoms with E-state index in [1.54, 1.807) is 18.4 Å². The summed E-state index contributed by atoms with van der Waals surface area (Å²) in [6, 6.07) is 19.0. The van der Waals surface area contributed by atoms with Gasteiger partial charge in [0.05, 0.1) is 12.1 Å². The van der Waals surface area contributed by atoms with E-state index in [-0.39, 0.29) is 5.91 Å². The summed E-state index contributed by atoms with van der Waals surface area (Å²) in [7, 11) is 1.71. The van der Waals surface area contributed by atoms with E-state index in [2.05, 4.69) is 70.1 Å². The fourth-order valence-electron chi connectivity index (χ4n) is 4.06. The van der Waals surface area contributed by atoms with Gasteiger partial charge < -0.3 is 9.80 Å². The van der Waals surface area contributed by atoms with Crippen LogP contribution in [-0.2, 0) is 24.1 Å². The summed E-state index contributed by atoms with van der Waals surface area (Å²) in [5.41, 5.74) is 4.50. The first-order chi connectivity index (χ1) is 16.1. The van der Waals surface area contributed by atoms with Gasteiger partial charge in [-0.2, -0.15) is 0 Å². The summed E-state index contributed by atoms with van der Waals surface area (Å²) >= 11 is 0. The Morgan fingerprint density at radius 1 is 0.939 bits per heavy atom. The van der Waals surface area contributed by atoms with Gasteiger partial charge in [-0.05, 0) is 41.7 Å². The third-order valence-electron chi connectivity index (χ3n) is 6.03. The van der Waals surface area contributed by atoms with Crippen LogP contribution in [0.25, 0.3) is 0 Å². The lowest BCUT2D eigenvalue weighted by Crippen LogP contribution is -2.51. The molecule has 1 amide bonds. The molecule has 0 spiro atoms. The zero-order valence-electron chi connectivity index (χ0n) is 19.2. The summed E-state index contributed by atoms with van der Waals surface area (Å²) in [6.07, 6.45) is 8.04. The molecule has 6 heteroatoms. The highest BCUT2D eigenvalue weighted by molar-refractivity contribution is 5.95. The molecule has 0 atom stereocenters. The number of hydrazone groups is 1. The van der Waals surface area contributed by atoms with Crippen LogP contribution in [0.3, 0.4) is 0 Å². The molecule has 0 aliphatic carbocycles. The second-order valence-electron chi connectivity index (χ2n) is 8.35. The zero-order chi connectivity index (χ0) is 23.0. The molecule has 2 aliphatic rings. The summed E-state index contributed by atoms with van der Waals surface area (Å²) in [5, 5.41) is 6.27. The second-order valence-corrected chi connectivity index (χ2v) is 8.35. The van der Waals surface area contributed by atoms with Crippen molar-refractivity contribution in [1.29, 1.82) is 0 Å². The SMILES string of the molecule is C=C1C=CC(N2CCN(C(=O)Cc3ccc(CCc4ccccc4)cc3)CC2)=NN1C=NC. The van der Waals surface area contributed by atoms with Gasteiger partial charge in [-0.3, -0.25) is 9.79 Å². The molecule has 0 unspecified atom stereocenters. The quantitative estimate of drug-likeness (QED) is 0.509. The minimum atomic E-state index is 0.181. The molecule has 6 nitrogen and oxygen atoms in total. The molecule has 0 saturated carbocycles. The third kappa shape index (κ3) is 5.98. The molecular formula is C27H31N5O. The number of nitrogens with zero attached hydrogens (tertiary/aromatic N) is 5. The van der Waals surface area contributed by atoms with Crippen LogP contribution in [0.1, 0.15) is 16.7 Å². The Labute approximate surface area is 196 Å². The topological polar surface area (TPSA) is 51.5 Å². The molecule has 2 aliphatic heterocycles. The smallest absolute Gasteiger partial charge is 0.227 e. The van der Waals surface area contributed by atoms with E-state index >= 15 is 0 Å². The number of aryl methyl sites for hydroxylation is 2. The van der Waals surface area contributed by atoms with Crippen molar-refractivity contribution < 1.29 is 4.79 Å². The van der Waals surface area contributed by atoms with Crippen LogP contribution in [0.15, 0.2) is 89.1 Å². The summed E-state index contributed by atoms with van der Waals surface area (Å²) in [6.45, 7) is 6.89. The number of hydrogen-bond donors (Lipinski definition) is 0. The van der Waals surface area contributed by atoms with Crippen LogP contribution >= 0.6 is 0 Å². The Hall–Kier alpha value is -3.67. The number of allylic oxidation sites excluding steroid dienone is 1. The molecule has 33 heavy (non-hydrogen) atoms. The first-order valence-corrected chi connectivity index (χ1v) is 11.4. The summed E-state index contributed by atoms with van der Waals surface area (Å²) < 4.78 is 0. The normalized spacial score (nSPS) is 16.5. The van der Waals surface area contributed by atoms with E-state index in [1.807, 2.05) is 23.1 Å². The highest BCUT2D eigenvalue weighted by atomic mass is 16.2. The Balaban J connectivity index is 1.26. The molecule has 1 saturated heterocycles. The Morgan fingerprint density at radius 3 is 2.24 bits per heavy atom. The molecule has 2 aromatic carbocycles. The molecule has 0 aromatic heterocycles. The molecular weight excluding hydrogens is 410 g/mol. The molecule has 170 valence electrons. The van der Waals surface area contributed by atoms with Crippen LogP contribution in [0.5, 0.6) is 0 Å². The molecule has 0 radical (unpaired) electrons. The molecule has 0 N–H and O–H groups in total. The van der Waals surface area contributed by atoms with E-state index in [0.29, 0.717) is 19.5 Å². The molecule has 2 heterocycles. The van der Waals surface area contributed by atoms with E-state index in [1.165, 1.54) is 11.1 Å². The van der Waals surface area contributed by atoms with Crippen molar-refractivity contribution in [2.45, 2.75) is 19.3 Å². The lowest BCUT2D eigenvalue weighted by Gasteiger charge is -2.37. The Morgan fingerprint density at radius 2 is 1.58 bits per heavy atom. The van der Waals surface area contributed by atoms with Crippen molar-refractivity contribution in [2.24, 2.45) is 10.1 Å². The lowest BCUT2D eigenvalue weighted by atomic mass is 10.0. The van der Waals surface area contributed by atoms with Gasteiger partial charge in [-0.25, -0.2) is 5.01 Å². The number of carbonyl (C=O) groups is 1. The number of amidine groups is 1. The summed E-state index contributed by atoms with van der Waals surface area (Å²) in [5.74, 6) is 1.06. The summed E-state index contributed by atoms with van der Waals surface area (Å²) in [4.78, 5) is 21.0. The van der Waals surface area contributed by atoms with Crippen molar-refractivity contribution >= 4 is 18.1 Å². The number of aliphatic imine (C=N–C) groups is 1. The fourth-order valence-corrected chi connectivity index (χ4v) is 4.06. The van der Waals surface area contributed by atoms with Gasteiger partial charge in [-0.15, -0.1) is 5.10 Å². The van der Waals surface area contributed by atoms with Crippen LogP contribution < -0.4 is 0 Å². The van der Waals surface area contributed by atoms with E-state index in [4.69, 9.17) is 0 Å². The minimum absolute atomic E-state index is 0.181. The van der Waals surface area contributed by atoms with Crippen LogP contribution in [0, 0.1) is 0 Å². The number of benzene rings is 2. The molecule has 4 rings (SSSR count). The number of carbonyl (C=O) groups excluding carboxylic acids is 1. The van der Waals surface area contributed by atoms with E-state index < -0.39 is 0 Å². The van der Waals surface area contributed by atoms with Gasteiger partial charge in [0.25, 0.3) is 0 Å². The third-order valence-corrected chi connectivity index (χ3v) is 6.03. The fraction of sp³-hybridized carbons (Fsp3) is 0.296.